The number of phenolic OH excluding ortho intramolecular Hbond substituents is 1. The zero-order valence-corrected chi connectivity index (χ0v) is 14.5. The van der Waals surface area contributed by atoms with Crippen LogP contribution in [0.25, 0.3) is 6.08 Å². The summed E-state index contributed by atoms with van der Waals surface area (Å²) >= 11 is 14.1. The van der Waals surface area contributed by atoms with E-state index in [-0.39, 0.29) is 16.7 Å². The van der Waals surface area contributed by atoms with Crippen LogP contribution >= 0.6 is 39.7 Å². The summed E-state index contributed by atoms with van der Waals surface area (Å²) < 4.78 is 5.89. The summed E-state index contributed by atoms with van der Waals surface area (Å²) in [7, 11) is 0. The number of carbonyl (C=O) groups excluding carboxylic acids is 1. The van der Waals surface area contributed by atoms with Crippen LogP contribution in [0, 0.1) is 0 Å². The summed E-state index contributed by atoms with van der Waals surface area (Å²) in [6, 6.07) is 8.01. The molecular formula is C15H8BrClN2O3S. The van der Waals surface area contributed by atoms with Gasteiger partial charge in [0.15, 0.2) is 5.76 Å². The van der Waals surface area contributed by atoms with Crippen molar-refractivity contribution < 1.29 is 14.6 Å². The second kappa shape index (κ2) is 6.27. The van der Waals surface area contributed by atoms with Crippen LogP contribution in [0.3, 0.4) is 0 Å². The van der Waals surface area contributed by atoms with Gasteiger partial charge >= 0.3 is 5.91 Å². The highest BCUT2D eigenvalue weighted by atomic mass is 79.9. The van der Waals surface area contributed by atoms with Crippen molar-refractivity contribution in [1.82, 2.24) is 4.98 Å². The molecular weight excluding hydrogens is 404 g/mol. The first-order valence-electron chi connectivity index (χ1n) is 6.34. The van der Waals surface area contributed by atoms with Gasteiger partial charge in [-0.15, -0.1) is 0 Å². The monoisotopic (exact) mass is 410 g/mol. The molecule has 0 unspecified atom stereocenters. The Labute approximate surface area is 150 Å². The van der Waals surface area contributed by atoms with Crippen molar-refractivity contribution in [3.05, 3.63) is 57.5 Å². The number of anilines is 1. The van der Waals surface area contributed by atoms with Gasteiger partial charge in [-0.1, -0.05) is 17.7 Å². The van der Waals surface area contributed by atoms with Gasteiger partial charge in [0, 0.05) is 0 Å². The van der Waals surface area contributed by atoms with Crippen LogP contribution in [0.5, 0.6) is 5.75 Å². The zero-order chi connectivity index (χ0) is 16.6. The van der Waals surface area contributed by atoms with Gasteiger partial charge in [0.05, 0.1) is 16.4 Å². The lowest BCUT2D eigenvalue weighted by atomic mass is 10.2. The average molecular weight is 412 g/mol. The molecule has 116 valence electrons. The van der Waals surface area contributed by atoms with Gasteiger partial charge in [-0.25, -0.2) is 9.88 Å². The Morgan fingerprint density at radius 1 is 1.35 bits per heavy atom. The predicted molar refractivity (Wildman–Crippen MR) is 94.2 cm³/mol. The van der Waals surface area contributed by atoms with E-state index in [1.165, 1.54) is 17.2 Å². The number of hydrogen-bond donors (Lipinski definition) is 1. The number of amides is 1. The van der Waals surface area contributed by atoms with E-state index in [0.717, 1.165) is 0 Å². The van der Waals surface area contributed by atoms with E-state index in [4.69, 9.17) is 28.6 Å². The summed E-state index contributed by atoms with van der Waals surface area (Å²) in [6.07, 6.45) is 2.98. The first-order chi connectivity index (χ1) is 11.0. The van der Waals surface area contributed by atoms with Crippen LogP contribution < -0.4 is 4.90 Å². The Morgan fingerprint density at radius 3 is 2.78 bits per heavy atom. The SMILES string of the molecule is O=C1C(=Cc2ccc(O)c(Br)c2)OC(=S)N1c1ccc(Cl)nc1. The number of rotatable bonds is 2. The van der Waals surface area contributed by atoms with Crippen LogP contribution in [0.4, 0.5) is 5.69 Å². The molecule has 0 saturated carbocycles. The number of benzene rings is 1. The van der Waals surface area contributed by atoms with Crippen LogP contribution in [-0.4, -0.2) is 21.2 Å². The molecule has 1 fully saturated rings. The number of hydrogen-bond acceptors (Lipinski definition) is 5. The number of carbonyl (C=O) groups is 1. The minimum absolute atomic E-state index is 0.0169. The molecule has 0 bridgehead atoms. The highest BCUT2D eigenvalue weighted by Gasteiger charge is 2.34. The predicted octanol–water partition coefficient (Wildman–Crippen LogP) is 3.89. The number of nitrogens with zero attached hydrogens (tertiary/aromatic N) is 2. The summed E-state index contributed by atoms with van der Waals surface area (Å²) in [5.74, 6) is -0.207. The molecule has 0 atom stereocenters. The minimum Gasteiger partial charge on any atom is -0.507 e. The standard InChI is InChI=1S/C15H8BrClN2O3S/c16-10-5-8(1-3-11(10)20)6-12-14(21)19(15(23)22-12)9-2-4-13(17)18-7-9/h1-7,20H. The van der Waals surface area contributed by atoms with Crippen molar-refractivity contribution >= 4 is 62.6 Å². The molecule has 0 radical (unpaired) electrons. The first-order valence-corrected chi connectivity index (χ1v) is 7.91. The number of aromatic nitrogens is 1. The largest absolute Gasteiger partial charge is 0.507 e. The molecule has 2 aromatic rings. The average Bonchev–Trinajstić information content (AvgIpc) is 2.79. The van der Waals surface area contributed by atoms with Gasteiger partial charge in [0.1, 0.15) is 10.9 Å². The molecule has 1 aliphatic rings. The molecule has 2 heterocycles. The lowest BCUT2D eigenvalue weighted by Gasteiger charge is -2.11. The minimum atomic E-state index is -0.400. The molecule has 1 aliphatic heterocycles. The van der Waals surface area contributed by atoms with Crippen LogP contribution in [0.15, 0.2) is 46.8 Å². The smallest absolute Gasteiger partial charge is 0.301 e. The van der Waals surface area contributed by atoms with E-state index in [1.54, 1.807) is 30.3 Å². The van der Waals surface area contributed by atoms with E-state index in [1.807, 2.05) is 0 Å². The summed E-state index contributed by atoms with van der Waals surface area (Å²) in [5, 5.41) is 9.83. The first kappa shape index (κ1) is 15.9. The third kappa shape index (κ3) is 3.21. The fourth-order valence-corrected chi connectivity index (χ4v) is 2.74. The van der Waals surface area contributed by atoms with Crippen LogP contribution in [-0.2, 0) is 9.53 Å². The van der Waals surface area contributed by atoms with Crippen molar-refractivity contribution in [2.24, 2.45) is 0 Å². The zero-order valence-electron chi connectivity index (χ0n) is 11.4. The summed E-state index contributed by atoms with van der Waals surface area (Å²) in [6.45, 7) is 0. The fourth-order valence-electron chi connectivity index (χ4n) is 1.95. The molecule has 0 spiro atoms. The topological polar surface area (TPSA) is 62.7 Å². The molecule has 3 rings (SSSR count). The molecule has 0 aliphatic carbocycles. The van der Waals surface area contributed by atoms with Gasteiger partial charge in [0.25, 0.3) is 5.17 Å². The number of thiocarbonyl (C=S) groups is 1. The quantitative estimate of drug-likeness (QED) is 0.461. The van der Waals surface area contributed by atoms with Gasteiger partial charge < -0.3 is 9.84 Å². The summed E-state index contributed by atoms with van der Waals surface area (Å²) in [5.41, 5.74) is 1.15. The third-order valence-corrected chi connectivity index (χ3v) is 4.16. The van der Waals surface area contributed by atoms with Gasteiger partial charge in [0.2, 0.25) is 0 Å². The second-order valence-corrected chi connectivity index (χ2v) is 6.16. The number of ether oxygens (including phenoxy) is 1. The number of phenols is 1. The molecule has 23 heavy (non-hydrogen) atoms. The highest BCUT2D eigenvalue weighted by molar-refractivity contribution is 9.10. The van der Waals surface area contributed by atoms with Crippen molar-refractivity contribution in [2.75, 3.05) is 4.90 Å². The normalized spacial score (nSPS) is 16.1. The maximum atomic E-state index is 12.5. The number of pyridine rings is 1. The number of halogens is 2. The molecule has 1 amide bonds. The molecule has 1 N–H and O–H groups in total. The lowest BCUT2D eigenvalue weighted by Crippen LogP contribution is -2.28. The third-order valence-electron chi connectivity index (χ3n) is 3.03. The summed E-state index contributed by atoms with van der Waals surface area (Å²) in [4.78, 5) is 17.6. The fraction of sp³-hybridized carbons (Fsp3) is 0. The molecule has 8 heteroatoms. The Balaban J connectivity index is 1.92. The van der Waals surface area contributed by atoms with Gasteiger partial charge in [-0.3, -0.25) is 4.79 Å². The van der Waals surface area contributed by atoms with Crippen molar-refractivity contribution in [3.63, 3.8) is 0 Å². The van der Waals surface area contributed by atoms with Crippen molar-refractivity contribution in [1.29, 1.82) is 0 Å². The molecule has 1 aromatic carbocycles. The molecule has 1 aromatic heterocycles. The van der Waals surface area contributed by atoms with Crippen molar-refractivity contribution in [2.45, 2.75) is 0 Å². The maximum Gasteiger partial charge on any atom is 0.301 e. The Morgan fingerprint density at radius 2 is 2.13 bits per heavy atom. The maximum absolute atomic E-state index is 12.5. The Bertz CT molecular complexity index is 839. The second-order valence-electron chi connectivity index (χ2n) is 4.57. The van der Waals surface area contributed by atoms with E-state index < -0.39 is 5.91 Å². The molecule has 1 saturated heterocycles. The van der Waals surface area contributed by atoms with E-state index in [9.17, 15) is 9.90 Å². The van der Waals surface area contributed by atoms with Gasteiger partial charge in [-0.05, 0) is 64.1 Å². The highest BCUT2D eigenvalue weighted by Crippen LogP contribution is 2.29. The van der Waals surface area contributed by atoms with Crippen LogP contribution in [0.2, 0.25) is 5.15 Å². The van der Waals surface area contributed by atoms with E-state index in [0.29, 0.717) is 20.9 Å². The van der Waals surface area contributed by atoms with Gasteiger partial charge in [-0.2, -0.15) is 0 Å². The van der Waals surface area contributed by atoms with E-state index >= 15 is 0 Å². The van der Waals surface area contributed by atoms with E-state index in [2.05, 4.69) is 20.9 Å². The Kier molecular flexibility index (Phi) is 4.34. The molecule has 5 nitrogen and oxygen atoms in total. The van der Waals surface area contributed by atoms with Crippen molar-refractivity contribution in [3.8, 4) is 5.75 Å². The number of aromatic hydroxyl groups is 1. The van der Waals surface area contributed by atoms with Crippen LogP contribution in [0.1, 0.15) is 5.56 Å². The Hall–Kier alpha value is -1.96. The lowest BCUT2D eigenvalue weighted by molar-refractivity contribution is -0.114.